The van der Waals surface area contributed by atoms with Crippen molar-refractivity contribution < 1.29 is 28.6 Å². The topological polar surface area (TPSA) is 85.4 Å². The van der Waals surface area contributed by atoms with E-state index in [4.69, 9.17) is 14.2 Å². The molecule has 0 rings (SSSR count). The molecule has 8 nitrogen and oxygen atoms in total. The predicted octanol–water partition coefficient (Wildman–Crippen LogP) is 13.4. The van der Waals surface area contributed by atoms with E-state index in [1.807, 2.05) is 14.1 Å². The Kier molecular flexibility index (Phi) is 42.2. The molecule has 0 saturated carbocycles. The molecular weight excluding hydrogens is 725 g/mol. The van der Waals surface area contributed by atoms with E-state index in [0.29, 0.717) is 32.5 Å². The zero-order valence-electron chi connectivity index (χ0n) is 39.6. The second kappa shape index (κ2) is 43.4. The molecule has 0 aliphatic carbocycles. The van der Waals surface area contributed by atoms with Crippen LogP contribution in [0.25, 0.3) is 0 Å². The molecule has 0 unspecified atom stereocenters. The van der Waals surface area contributed by atoms with Crippen LogP contribution in [0.15, 0.2) is 0 Å². The summed E-state index contributed by atoms with van der Waals surface area (Å²) in [6, 6.07) is 0. The van der Waals surface area contributed by atoms with E-state index in [1.54, 1.807) is 0 Å². The van der Waals surface area contributed by atoms with Gasteiger partial charge in [0.15, 0.2) is 0 Å². The number of carbonyl (C=O) groups is 3. The number of hydrogen-bond acceptors (Lipinski definition) is 8. The van der Waals surface area contributed by atoms with Crippen LogP contribution in [0.5, 0.6) is 0 Å². The molecule has 58 heavy (non-hydrogen) atoms. The van der Waals surface area contributed by atoms with Crippen molar-refractivity contribution in [2.75, 3.05) is 53.5 Å². The summed E-state index contributed by atoms with van der Waals surface area (Å²) < 4.78 is 17.2. The first-order valence-electron chi connectivity index (χ1n) is 25.1. The van der Waals surface area contributed by atoms with Crippen molar-refractivity contribution in [2.24, 2.45) is 5.92 Å². The van der Waals surface area contributed by atoms with Crippen molar-refractivity contribution in [1.29, 1.82) is 0 Å². The van der Waals surface area contributed by atoms with Gasteiger partial charge in [0.1, 0.15) is 12.7 Å². The van der Waals surface area contributed by atoms with Crippen LogP contribution in [0.1, 0.15) is 240 Å². The van der Waals surface area contributed by atoms with Gasteiger partial charge in [-0.3, -0.25) is 19.3 Å². The normalized spacial score (nSPS) is 11.7. The first-order valence-corrected chi connectivity index (χ1v) is 25.1. The molecular formula is C50H98N2O6. The lowest BCUT2D eigenvalue weighted by Crippen LogP contribution is -2.30. The van der Waals surface area contributed by atoms with Crippen molar-refractivity contribution in [3.63, 3.8) is 0 Å². The van der Waals surface area contributed by atoms with E-state index in [1.165, 1.54) is 109 Å². The third-order valence-corrected chi connectivity index (χ3v) is 11.4. The third-order valence-electron chi connectivity index (χ3n) is 11.4. The van der Waals surface area contributed by atoms with Crippen LogP contribution in [-0.2, 0) is 28.6 Å². The highest BCUT2D eigenvalue weighted by molar-refractivity contribution is 5.70. The summed E-state index contributed by atoms with van der Waals surface area (Å²) >= 11 is 0. The van der Waals surface area contributed by atoms with Gasteiger partial charge in [-0.2, -0.15) is 0 Å². The van der Waals surface area contributed by atoms with E-state index in [-0.39, 0.29) is 24.0 Å². The Morgan fingerprint density at radius 2 is 0.828 bits per heavy atom. The Morgan fingerprint density at radius 1 is 0.414 bits per heavy atom. The molecule has 344 valence electrons. The summed E-state index contributed by atoms with van der Waals surface area (Å²) in [4.78, 5) is 41.8. The zero-order chi connectivity index (χ0) is 42.7. The van der Waals surface area contributed by atoms with Crippen molar-refractivity contribution in [1.82, 2.24) is 9.80 Å². The van der Waals surface area contributed by atoms with Gasteiger partial charge in [-0.25, -0.2) is 0 Å². The smallest absolute Gasteiger partial charge is 0.306 e. The fourth-order valence-electron chi connectivity index (χ4n) is 7.58. The highest BCUT2D eigenvalue weighted by Gasteiger charge is 2.15. The van der Waals surface area contributed by atoms with E-state index in [0.717, 1.165) is 116 Å². The van der Waals surface area contributed by atoms with Crippen LogP contribution in [0, 0.1) is 5.92 Å². The van der Waals surface area contributed by atoms with Crippen molar-refractivity contribution in [3.8, 4) is 0 Å². The molecule has 0 heterocycles. The first-order chi connectivity index (χ1) is 28.2. The average Bonchev–Trinajstić information content (AvgIpc) is 3.18. The van der Waals surface area contributed by atoms with E-state index < -0.39 is 0 Å². The first kappa shape index (κ1) is 56.3. The van der Waals surface area contributed by atoms with Crippen LogP contribution in [0.2, 0.25) is 0 Å². The van der Waals surface area contributed by atoms with E-state index in [2.05, 4.69) is 37.5 Å². The lowest BCUT2D eigenvalue weighted by molar-refractivity contribution is -0.150. The van der Waals surface area contributed by atoms with Gasteiger partial charge in [0.2, 0.25) is 0 Å². The Bertz CT molecular complexity index is 897. The maximum Gasteiger partial charge on any atom is 0.306 e. The highest BCUT2D eigenvalue weighted by atomic mass is 16.5. The average molecular weight is 823 g/mol. The Hall–Kier alpha value is -1.67. The van der Waals surface area contributed by atoms with Gasteiger partial charge in [0.25, 0.3) is 0 Å². The van der Waals surface area contributed by atoms with Crippen molar-refractivity contribution in [2.45, 2.75) is 246 Å². The minimum atomic E-state index is -0.111. The molecule has 0 aromatic heterocycles. The van der Waals surface area contributed by atoms with Gasteiger partial charge < -0.3 is 19.1 Å². The molecule has 0 N–H and O–H groups in total. The van der Waals surface area contributed by atoms with E-state index in [9.17, 15) is 14.4 Å². The Balaban J connectivity index is 4.46. The number of ether oxygens (including phenoxy) is 3. The third kappa shape index (κ3) is 42.5. The van der Waals surface area contributed by atoms with Crippen LogP contribution in [0.4, 0.5) is 0 Å². The summed E-state index contributed by atoms with van der Waals surface area (Å²) in [7, 11) is 4.04. The second-order valence-corrected chi connectivity index (χ2v) is 18.0. The van der Waals surface area contributed by atoms with Gasteiger partial charge in [-0.15, -0.1) is 0 Å². The summed E-state index contributed by atoms with van der Waals surface area (Å²) in [6.45, 7) is 13.6. The van der Waals surface area contributed by atoms with Crippen LogP contribution in [0.3, 0.4) is 0 Å². The maximum absolute atomic E-state index is 12.8. The highest BCUT2D eigenvalue weighted by Crippen LogP contribution is 2.19. The standard InChI is InChI=1S/C50H98N2O6/c1-7-9-11-13-19-26-35-47(36-27-20-14-12-10-8-2)58-50(55)38-29-22-17-23-30-41-52(43-45-57-49(54)39-33-40-51(5)6)42-31-24-32-44-56-48(53)37-28-21-16-15-18-25-34-46(3)4/h46-47H,7-45H2,1-6H3. The molecule has 0 atom stereocenters. The number of carbonyl (C=O) groups excluding carboxylic acids is 3. The summed E-state index contributed by atoms with van der Waals surface area (Å²) in [6.07, 6.45) is 36.5. The SMILES string of the molecule is CCCCCCCCC(CCCCCCCC)OC(=O)CCCCCCCN(CCCCCOC(=O)CCCCCCCCC(C)C)CCOC(=O)CCCN(C)C. The fourth-order valence-corrected chi connectivity index (χ4v) is 7.58. The van der Waals surface area contributed by atoms with Gasteiger partial charge in [-0.05, 0) is 110 Å². The minimum absolute atomic E-state index is 0.00239. The monoisotopic (exact) mass is 823 g/mol. The van der Waals surface area contributed by atoms with Crippen LogP contribution < -0.4 is 0 Å². The molecule has 0 aromatic rings. The number of nitrogens with zero attached hydrogens (tertiary/aromatic N) is 2. The molecule has 0 aromatic carbocycles. The Labute approximate surface area is 360 Å². The molecule has 0 aliphatic rings. The molecule has 0 fully saturated rings. The number of rotatable bonds is 45. The van der Waals surface area contributed by atoms with Gasteiger partial charge in [0.05, 0.1) is 6.61 Å². The van der Waals surface area contributed by atoms with Crippen LogP contribution >= 0.6 is 0 Å². The van der Waals surface area contributed by atoms with Gasteiger partial charge in [-0.1, -0.05) is 150 Å². The fraction of sp³-hybridized carbons (Fsp3) is 0.940. The number of unbranched alkanes of at least 4 members (excludes halogenated alkanes) is 21. The quantitative estimate of drug-likeness (QED) is 0.0341. The molecule has 0 saturated heterocycles. The van der Waals surface area contributed by atoms with Crippen molar-refractivity contribution in [3.05, 3.63) is 0 Å². The second-order valence-electron chi connectivity index (χ2n) is 18.0. The summed E-state index contributed by atoms with van der Waals surface area (Å²) in [5.41, 5.74) is 0. The predicted molar refractivity (Wildman–Crippen MR) is 245 cm³/mol. The molecule has 0 amide bonds. The van der Waals surface area contributed by atoms with Gasteiger partial charge >= 0.3 is 17.9 Å². The van der Waals surface area contributed by atoms with Gasteiger partial charge in [0, 0.05) is 25.8 Å². The molecule has 0 bridgehead atoms. The van der Waals surface area contributed by atoms with Crippen LogP contribution in [-0.4, -0.2) is 87.3 Å². The maximum atomic E-state index is 12.8. The molecule has 0 aliphatic heterocycles. The lowest BCUT2D eigenvalue weighted by atomic mass is 10.0. The number of hydrogen-bond donors (Lipinski definition) is 0. The molecule has 8 heteroatoms. The molecule has 0 radical (unpaired) electrons. The van der Waals surface area contributed by atoms with E-state index >= 15 is 0 Å². The largest absolute Gasteiger partial charge is 0.466 e. The summed E-state index contributed by atoms with van der Waals surface area (Å²) in [5.74, 6) is 0.627. The minimum Gasteiger partial charge on any atom is -0.466 e. The summed E-state index contributed by atoms with van der Waals surface area (Å²) in [5, 5.41) is 0. The van der Waals surface area contributed by atoms with Crippen molar-refractivity contribution >= 4 is 17.9 Å². The zero-order valence-corrected chi connectivity index (χ0v) is 39.6. The Morgan fingerprint density at radius 3 is 1.34 bits per heavy atom. The lowest BCUT2D eigenvalue weighted by Gasteiger charge is -2.22. The number of esters is 3. The molecule has 0 spiro atoms.